The van der Waals surface area contributed by atoms with E-state index < -0.39 is 0 Å². The zero-order chi connectivity index (χ0) is 10.8. The average molecular weight is 217 g/mol. The quantitative estimate of drug-likeness (QED) is 0.777. The Morgan fingerprint density at radius 2 is 2.19 bits per heavy atom. The topological polar surface area (TPSA) is 45.5 Å². The van der Waals surface area contributed by atoms with Crippen LogP contribution < -0.4 is 5.32 Å². The van der Waals surface area contributed by atoms with Gasteiger partial charge in [-0.05, 0) is 17.7 Å². The van der Waals surface area contributed by atoms with Gasteiger partial charge in [-0.3, -0.25) is 4.90 Å². The van der Waals surface area contributed by atoms with E-state index in [0.29, 0.717) is 0 Å². The molecule has 1 aliphatic rings. The predicted octanol–water partition coefficient (Wildman–Crippen LogP) is 0.134. The number of nitrogens with one attached hydrogen (secondary N) is 1. The van der Waals surface area contributed by atoms with Crippen molar-refractivity contribution < 1.29 is 0 Å². The van der Waals surface area contributed by atoms with Crippen LogP contribution in [-0.2, 0) is 6.54 Å². The van der Waals surface area contributed by atoms with Crippen LogP contribution in [0.2, 0.25) is 0 Å². The third kappa shape index (κ3) is 1.91. The highest BCUT2D eigenvalue weighted by molar-refractivity contribution is 5.39. The van der Waals surface area contributed by atoms with Crippen molar-refractivity contribution in [1.29, 1.82) is 0 Å². The van der Waals surface area contributed by atoms with E-state index >= 15 is 0 Å². The lowest BCUT2D eigenvalue weighted by atomic mass is 10.2. The van der Waals surface area contributed by atoms with Gasteiger partial charge in [0.2, 0.25) is 0 Å². The van der Waals surface area contributed by atoms with Crippen molar-refractivity contribution in [2.75, 3.05) is 26.2 Å². The molecule has 0 unspecified atom stereocenters. The van der Waals surface area contributed by atoms with Gasteiger partial charge in [-0.15, -0.1) is 0 Å². The van der Waals surface area contributed by atoms with Gasteiger partial charge in [0.05, 0.1) is 0 Å². The van der Waals surface area contributed by atoms with Crippen LogP contribution in [-0.4, -0.2) is 45.7 Å². The number of hydrogen-bond acceptors (Lipinski definition) is 4. The molecule has 1 saturated heterocycles. The molecule has 0 atom stereocenters. The first-order chi connectivity index (χ1) is 7.92. The third-order valence-electron chi connectivity index (χ3n) is 2.96. The fourth-order valence-electron chi connectivity index (χ4n) is 2.08. The summed E-state index contributed by atoms with van der Waals surface area (Å²) in [6, 6.07) is 4.22. The molecule has 84 valence electrons. The Kier molecular flexibility index (Phi) is 2.55. The Bertz CT molecular complexity index is 472. The minimum Gasteiger partial charge on any atom is -0.314 e. The first kappa shape index (κ1) is 9.74. The molecule has 16 heavy (non-hydrogen) atoms. The molecule has 0 bridgehead atoms. The maximum atomic E-state index is 4.19. The molecular weight excluding hydrogens is 202 g/mol. The maximum Gasteiger partial charge on any atom is 0.155 e. The first-order valence-electron chi connectivity index (χ1n) is 5.63. The molecule has 5 nitrogen and oxygen atoms in total. The number of rotatable bonds is 2. The summed E-state index contributed by atoms with van der Waals surface area (Å²) in [4.78, 5) is 6.65. The van der Waals surface area contributed by atoms with Crippen molar-refractivity contribution in [3.05, 3.63) is 30.2 Å². The van der Waals surface area contributed by atoms with Crippen LogP contribution in [0.4, 0.5) is 0 Å². The zero-order valence-electron chi connectivity index (χ0n) is 9.13. The molecule has 0 aromatic carbocycles. The van der Waals surface area contributed by atoms with Crippen LogP contribution in [0, 0.1) is 0 Å². The summed E-state index contributed by atoms with van der Waals surface area (Å²) in [7, 11) is 0. The summed E-state index contributed by atoms with van der Waals surface area (Å²) in [5.41, 5.74) is 2.23. The number of aromatic nitrogens is 3. The number of nitrogens with zero attached hydrogens (tertiary/aromatic N) is 4. The van der Waals surface area contributed by atoms with E-state index in [0.717, 1.165) is 38.4 Å². The van der Waals surface area contributed by atoms with Crippen molar-refractivity contribution in [2.24, 2.45) is 0 Å². The van der Waals surface area contributed by atoms with E-state index in [1.807, 2.05) is 6.20 Å². The molecule has 0 aliphatic carbocycles. The van der Waals surface area contributed by atoms with Gasteiger partial charge in [-0.1, -0.05) is 0 Å². The van der Waals surface area contributed by atoms with Gasteiger partial charge in [-0.25, -0.2) is 9.50 Å². The Morgan fingerprint density at radius 1 is 1.31 bits per heavy atom. The molecule has 0 radical (unpaired) electrons. The zero-order valence-corrected chi connectivity index (χ0v) is 9.13. The Hall–Kier alpha value is -1.46. The molecule has 1 aliphatic heterocycles. The molecule has 1 fully saturated rings. The highest BCUT2D eigenvalue weighted by Crippen LogP contribution is 2.07. The Morgan fingerprint density at radius 3 is 3.06 bits per heavy atom. The minimum atomic E-state index is 0.924. The van der Waals surface area contributed by atoms with E-state index in [1.165, 1.54) is 5.56 Å². The van der Waals surface area contributed by atoms with Crippen molar-refractivity contribution in [2.45, 2.75) is 6.54 Å². The van der Waals surface area contributed by atoms with Crippen molar-refractivity contribution >= 4 is 5.65 Å². The predicted molar refractivity (Wildman–Crippen MR) is 61.1 cm³/mol. The summed E-state index contributed by atoms with van der Waals surface area (Å²) in [5.74, 6) is 0. The van der Waals surface area contributed by atoms with Gasteiger partial charge in [0.15, 0.2) is 5.65 Å². The van der Waals surface area contributed by atoms with Crippen LogP contribution in [0.25, 0.3) is 5.65 Å². The Labute approximate surface area is 94.1 Å². The molecule has 2 aromatic rings. The molecule has 0 spiro atoms. The van der Waals surface area contributed by atoms with E-state index in [-0.39, 0.29) is 0 Å². The van der Waals surface area contributed by atoms with Crippen LogP contribution >= 0.6 is 0 Å². The lowest BCUT2D eigenvalue weighted by Gasteiger charge is -2.27. The highest BCUT2D eigenvalue weighted by atomic mass is 15.3. The van der Waals surface area contributed by atoms with Crippen molar-refractivity contribution in [3.8, 4) is 0 Å². The van der Waals surface area contributed by atoms with Crippen molar-refractivity contribution in [3.63, 3.8) is 0 Å². The van der Waals surface area contributed by atoms with Gasteiger partial charge < -0.3 is 5.32 Å². The molecule has 0 amide bonds. The second-order valence-corrected chi connectivity index (χ2v) is 4.12. The summed E-state index contributed by atoms with van der Waals surface area (Å²) >= 11 is 0. The van der Waals surface area contributed by atoms with E-state index in [1.54, 1.807) is 10.8 Å². The van der Waals surface area contributed by atoms with E-state index in [2.05, 4.69) is 32.4 Å². The molecule has 3 rings (SSSR count). The molecule has 1 N–H and O–H groups in total. The first-order valence-corrected chi connectivity index (χ1v) is 5.63. The molecule has 3 heterocycles. The lowest BCUT2D eigenvalue weighted by molar-refractivity contribution is 0.233. The van der Waals surface area contributed by atoms with Crippen LogP contribution in [0.5, 0.6) is 0 Å². The summed E-state index contributed by atoms with van der Waals surface area (Å²) in [5, 5.41) is 7.45. The number of piperazine rings is 1. The lowest BCUT2D eigenvalue weighted by Crippen LogP contribution is -2.42. The fraction of sp³-hybridized carbons (Fsp3) is 0.455. The minimum absolute atomic E-state index is 0.924. The van der Waals surface area contributed by atoms with E-state index in [9.17, 15) is 0 Å². The smallest absolute Gasteiger partial charge is 0.155 e. The van der Waals surface area contributed by atoms with Crippen LogP contribution in [0.1, 0.15) is 5.56 Å². The van der Waals surface area contributed by atoms with Gasteiger partial charge in [0.25, 0.3) is 0 Å². The number of fused-ring (bicyclic) bond motifs is 1. The highest BCUT2D eigenvalue weighted by Gasteiger charge is 2.10. The summed E-state index contributed by atoms with van der Waals surface area (Å²) < 4.78 is 1.79. The second kappa shape index (κ2) is 4.19. The third-order valence-corrected chi connectivity index (χ3v) is 2.96. The number of pyridine rings is 1. The average Bonchev–Trinajstić information content (AvgIpc) is 2.77. The standard InChI is InChI=1S/C11H15N5/c1-4-16-11(13-9-14-16)7-10(1)8-15-5-2-12-3-6-15/h1,4,7,9,12H,2-3,5-6,8H2. The SMILES string of the molecule is c1nc2cc(CN3CCNCC3)ccn2n1. The fourth-order valence-corrected chi connectivity index (χ4v) is 2.08. The normalized spacial score (nSPS) is 18.0. The van der Waals surface area contributed by atoms with Gasteiger partial charge in [0, 0.05) is 38.9 Å². The summed E-state index contributed by atoms with van der Waals surface area (Å²) in [6.45, 7) is 5.43. The summed E-state index contributed by atoms with van der Waals surface area (Å²) in [6.07, 6.45) is 3.56. The molecule has 0 saturated carbocycles. The largest absolute Gasteiger partial charge is 0.314 e. The van der Waals surface area contributed by atoms with Gasteiger partial charge >= 0.3 is 0 Å². The van der Waals surface area contributed by atoms with Crippen LogP contribution in [0.15, 0.2) is 24.7 Å². The molecular formula is C11H15N5. The van der Waals surface area contributed by atoms with Crippen molar-refractivity contribution in [1.82, 2.24) is 24.8 Å². The van der Waals surface area contributed by atoms with Gasteiger partial charge in [0.1, 0.15) is 6.33 Å². The maximum absolute atomic E-state index is 4.19. The monoisotopic (exact) mass is 217 g/mol. The van der Waals surface area contributed by atoms with Crippen LogP contribution in [0.3, 0.4) is 0 Å². The van der Waals surface area contributed by atoms with E-state index in [4.69, 9.17) is 0 Å². The second-order valence-electron chi connectivity index (χ2n) is 4.12. The Balaban J connectivity index is 1.77. The molecule has 2 aromatic heterocycles. The molecule has 5 heteroatoms. The number of hydrogen-bond donors (Lipinski definition) is 1. The van der Waals surface area contributed by atoms with Gasteiger partial charge in [-0.2, -0.15) is 5.10 Å².